The fourth-order valence-electron chi connectivity index (χ4n) is 3.10. The van der Waals surface area contributed by atoms with Crippen molar-refractivity contribution in [2.24, 2.45) is 5.92 Å². The molecule has 0 spiro atoms. The monoisotopic (exact) mass is 293 g/mol. The van der Waals surface area contributed by atoms with Crippen LogP contribution in [0.4, 0.5) is 0 Å². The highest BCUT2D eigenvalue weighted by Crippen LogP contribution is 2.25. The van der Waals surface area contributed by atoms with Gasteiger partial charge in [-0.3, -0.25) is 4.79 Å². The molecule has 0 amide bonds. The summed E-state index contributed by atoms with van der Waals surface area (Å²) in [4.78, 5) is 24.5. The zero-order chi connectivity index (χ0) is 16.2. The molecule has 1 heterocycles. The SMILES string of the molecule is CCOC(=O)c1c(C)cc(=O)n(C(C)C(CC)CC)c1C. The zero-order valence-electron chi connectivity index (χ0n) is 14.0. The second kappa shape index (κ2) is 7.43. The predicted molar refractivity (Wildman–Crippen MR) is 84.9 cm³/mol. The van der Waals surface area contributed by atoms with Gasteiger partial charge in [-0.1, -0.05) is 26.7 Å². The van der Waals surface area contributed by atoms with E-state index < -0.39 is 0 Å². The Morgan fingerprint density at radius 2 is 1.81 bits per heavy atom. The maximum absolute atomic E-state index is 12.4. The van der Waals surface area contributed by atoms with Gasteiger partial charge in [-0.25, -0.2) is 4.79 Å². The van der Waals surface area contributed by atoms with Gasteiger partial charge in [-0.05, 0) is 39.2 Å². The Morgan fingerprint density at radius 1 is 1.24 bits per heavy atom. The number of aryl methyl sites for hydroxylation is 1. The lowest BCUT2D eigenvalue weighted by atomic mass is 9.94. The second-order valence-corrected chi connectivity index (χ2v) is 5.53. The van der Waals surface area contributed by atoms with Crippen molar-refractivity contribution in [1.82, 2.24) is 4.57 Å². The first-order chi connectivity index (χ1) is 9.88. The van der Waals surface area contributed by atoms with Crippen molar-refractivity contribution in [3.63, 3.8) is 0 Å². The van der Waals surface area contributed by atoms with E-state index in [9.17, 15) is 9.59 Å². The van der Waals surface area contributed by atoms with Crippen molar-refractivity contribution in [2.75, 3.05) is 6.61 Å². The average Bonchev–Trinajstić information content (AvgIpc) is 2.39. The van der Waals surface area contributed by atoms with E-state index in [0.717, 1.165) is 12.8 Å². The Labute approximate surface area is 127 Å². The van der Waals surface area contributed by atoms with Crippen LogP contribution in [0.3, 0.4) is 0 Å². The van der Waals surface area contributed by atoms with E-state index in [-0.39, 0.29) is 17.6 Å². The molecule has 4 heteroatoms. The maximum Gasteiger partial charge on any atom is 0.340 e. The largest absolute Gasteiger partial charge is 0.462 e. The number of esters is 1. The lowest BCUT2D eigenvalue weighted by Crippen LogP contribution is -2.31. The van der Waals surface area contributed by atoms with E-state index in [2.05, 4.69) is 20.8 Å². The van der Waals surface area contributed by atoms with Gasteiger partial charge in [-0.2, -0.15) is 0 Å². The predicted octanol–water partition coefficient (Wildman–Crippen LogP) is 3.64. The molecule has 0 aliphatic heterocycles. The van der Waals surface area contributed by atoms with Crippen molar-refractivity contribution in [1.29, 1.82) is 0 Å². The lowest BCUT2D eigenvalue weighted by Gasteiger charge is -2.27. The molecule has 1 aromatic heterocycles. The van der Waals surface area contributed by atoms with Crippen LogP contribution in [0, 0.1) is 19.8 Å². The molecule has 0 radical (unpaired) electrons. The normalized spacial score (nSPS) is 12.5. The summed E-state index contributed by atoms with van der Waals surface area (Å²) in [6.45, 7) is 12.0. The van der Waals surface area contributed by atoms with Crippen LogP contribution >= 0.6 is 0 Å². The summed E-state index contributed by atoms with van der Waals surface area (Å²) in [5, 5.41) is 0. The first-order valence-electron chi connectivity index (χ1n) is 7.78. The number of carbonyl (C=O) groups excluding carboxylic acids is 1. The number of pyridine rings is 1. The van der Waals surface area contributed by atoms with E-state index in [0.29, 0.717) is 29.3 Å². The number of carbonyl (C=O) groups is 1. The van der Waals surface area contributed by atoms with Gasteiger partial charge in [0.25, 0.3) is 5.56 Å². The molecule has 1 atom stereocenters. The highest BCUT2D eigenvalue weighted by Gasteiger charge is 2.23. The molecule has 1 unspecified atom stereocenters. The summed E-state index contributed by atoms with van der Waals surface area (Å²) in [5.41, 5.74) is 1.87. The number of nitrogens with zero attached hydrogens (tertiary/aromatic N) is 1. The molecule has 1 aromatic rings. The topological polar surface area (TPSA) is 48.3 Å². The summed E-state index contributed by atoms with van der Waals surface area (Å²) in [6, 6.07) is 1.61. The van der Waals surface area contributed by atoms with E-state index in [4.69, 9.17) is 4.74 Å². The Balaban J connectivity index is 3.43. The van der Waals surface area contributed by atoms with Gasteiger partial charge in [0.2, 0.25) is 0 Å². The third kappa shape index (κ3) is 3.55. The quantitative estimate of drug-likeness (QED) is 0.752. The second-order valence-electron chi connectivity index (χ2n) is 5.53. The molecule has 0 aromatic carbocycles. The van der Waals surface area contributed by atoms with E-state index in [1.165, 1.54) is 6.07 Å². The molecule has 0 saturated heterocycles. The van der Waals surface area contributed by atoms with Gasteiger partial charge in [0.1, 0.15) is 0 Å². The number of rotatable bonds is 6. The Kier molecular flexibility index (Phi) is 6.19. The average molecular weight is 293 g/mol. The van der Waals surface area contributed by atoms with Crippen molar-refractivity contribution < 1.29 is 9.53 Å². The first kappa shape index (κ1) is 17.5. The summed E-state index contributed by atoms with van der Waals surface area (Å²) in [5.74, 6) is 0.0668. The van der Waals surface area contributed by atoms with Crippen LogP contribution in [0.1, 0.15) is 68.2 Å². The molecule has 0 N–H and O–H groups in total. The molecule has 118 valence electrons. The van der Waals surface area contributed by atoms with Gasteiger partial charge in [-0.15, -0.1) is 0 Å². The molecule has 1 rings (SSSR count). The Hall–Kier alpha value is -1.58. The number of ether oxygens (including phenoxy) is 1. The molecular formula is C17H27NO3. The van der Waals surface area contributed by atoms with Gasteiger partial charge < -0.3 is 9.30 Å². The number of hydrogen-bond donors (Lipinski definition) is 0. The number of aromatic nitrogens is 1. The highest BCUT2D eigenvalue weighted by molar-refractivity contribution is 5.92. The van der Waals surface area contributed by atoms with Crippen LogP contribution in [-0.4, -0.2) is 17.1 Å². The minimum absolute atomic E-state index is 0.0440. The molecule has 0 aliphatic rings. The first-order valence-corrected chi connectivity index (χ1v) is 7.78. The van der Waals surface area contributed by atoms with Crippen molar-refractivity contribution in [3.05, 3.63) is 33.2 Å². The van der Waals surface area contributed by atoms with Crippen LogP contribution in [0.5, 0.6) is 0 Å². The van der Waals surface area contributed by atoms with Gasteiger partial charge in [0.15, 0.2) is 0 Å². The van der Waals surface area contributed by atoms with Crippen LogP contribution < -0.4 is 5.56 Å². The summed E-state index contributed by atoms with van der Waals surface area (Å²) >= 11 is 0. The van der Waals surface area contributed by atoms with Crippen LogP contribution in [0.2, 0.25) is 0 Å². The van der Waals surface area contributed by atoms with E-state index in [1.54, 1.807) is 18.4 Å². The standard InChI is InChI=1S/C17H27NO3/c1-7-14(8-2)12(5)18-13(6)16(17(20)21-9-3)11(4)10-15(18)19/h10,12,14H,7-9H2,1-6H3. The minimum Gasteiger partial charge on any atom is -0.462 e. The smallest absolute Gasteiger partial charge is 0.340 e. The Morgan fingerprint density at radius 3 is 2.29 bits per heavy atom. The Bertz CT molecular complexity index is 556. The van der Waals surface area contributed by atoms with E-state index >= 15 is 0 Å². The van der Waals surface area contributed by atoms with Gasteiger partial charge in [0.05, 0.1) is 12.2 Å². The summed E-state index contributed by atoms with van der Waals surface area (Å²) in [6.07, 6.45) is 2.01. The molecule has 0 bridgehead atoms. The molecule has 0 aliphatic carbocycles. The van der Waals surface area contributed by atoms with Crippen LogP contribution in [-0.2, 0) is 4.74 Å². The van der Waals surface area contributed by atoms with Gasteiger partial charge >= 0.3 is 5.97 Å². The maximum atomic E-state index is 12.4. The van der Waals surface area contributed by atoms with Crippen molar-refractivity contribution >= 4 is 5.97 Å². The molecule has 0 saturated carbocycles. The van der Waals surface area contributed by atoms with E-state index in [1.807, 2.05) is 6.92 Å². The van der Waals surface area contributed by atoms with Gasteiger partial charge in [0, 0.05) is 17.8 Å². The minimum atomic E-state index is -0.349. The molecule has 21 heavy (non-hydrogen) atoms. The molecule has 4 nitrogen and oxygen atoms in total. The highest BCUT2D eigenvalue weighted by atomic mass is 16.5. The van der Waals surface area contributed by atoms with Crippen molar-refractivity contribution in [2.45, 2.75) is 60.4 Å². The fraction of sp³-hybridized carbons (Fsp3) is 0.647. The third-order valence-electron chi connectivity index (χ3n) is 4.31. The molecule has 0 fully saturated rings. The van der Waals surface area contributed by atoms with Crippen LogP contribution in [0.15, 0.2) is 10.9 Å². The fourth-order valence-corrected chi connectivity index (χ4v) is 3.10. The van der Waals surface area contributed by atoms with Crippen molar-refractivity contribution in [3.8, 4) is 0 Å². The zero-order valence-corrected chi connectivity index (χ0v) is 14.0. The lowest BCUT2D eigenvalue weighted by molar-refractivity contribution is 0.0523. The number of hydrogen-bond acceptors (Lipinski definition) is 3. The summed E-state index contributed by atoms with van der Waals surface area (Å²) in [7, 11) is 0. The third-order valence-corrected chi connectivity index (χ3v) is 4.31. The van der Waals surface area contributed by atoms with Crippen LogP contribution in [0.25, 0.3) is 0 Å². The molecular weight excluding hydrogens is 266 g/mol. The summed E-state index contributed by atoms with van der Waals surface area (Å²) < 4.78 is 6.87.